The molecule has 0 fully saturated rings. The standard InChI is InChI=1S/C22H30O5/c1-9-14(4)22(24)27-18(11-10-13(2)3)15(5)17-12-19(25-7)16(6)21(26-8)20(17)23/h9-10,12,18,23H,5,11H2,1-4,6-8H3/b14-9+/t18-/m0/s1. The van der Waals surface area contributed by atoms with Gasteiger partial charge in [-0.25, -0.2) is 4.79 Å². The van der Waals surface area contributed by atoms with Crippen molar-refractivity contribution in [3.05, 3.63) is 47.1 Å². The Morgan fingerprint density at radius 2 is 1.89 bits per heavy atom. The van der Waals surface area contributed by atoms with Crippen molar-refractivity contribution in [1.29, 1.82) is 0 Å². The summed E-state index contributed by atoms with van der Waals surface area (Å²) in [7, 11) is 3.02. The minimum atomic E-state index is -0.634. The third-order valence-electron chi connectivity index (χ3n) is 4.36. The van der Waals surface area contributed by atoms with Crippen LogP contribution < -0.4 is 9.47 Å². The summed E-state index contributed by atoms with van der Waals surface area (Å²) in [4.78, 5) is 12.3. The third kappa shape index (κ3) is 5.39. The number of hydrogen-bond acceptors (Lipinski definition) is 5. The van der Waals surface area contributed by atoms with E-state index in [1.165, 1.54) is 7.11 Å². The first kappa shape index (κ1) is 22.4. The first-order chi connectivity index (χ1) is 12.7. The average molecular weight is 374 g/mol. The molecule has 0 bridgehead atoms. The zero-order valence-corrected chi connectivity index (χ0v) is 17.3. The molecule has 0 amide bonds. The molecule has 5 nitrogen and oxygen atoms in total. The Hall–Kier alpha value is -2.69. The second-order valence-corrected chi connectivity index (χ2v) is 6.54. The van der Waals surface area contributed by atoms with Crippen LogP contribution in [0.4, 0.5) is 0 Å². The van der Waals surface area contributed by atoms with E-state index in [1.54, 1.807) is 40.0 Å². The molecule has 0 aromatic heterocycles. The molecule has 1 aromatic carbocycles. The zero-order chi connectivity index (χ0) is 20.7. The Morgan fingerprint density at radius 1 is 1.26 bits per heavy atom. The number of phenols is 1. The van der Waals surface area contributed by atoms with Gasteiger partial charge in [0, 0.05) is 23.1 Å². The number of carbonyl (C=O) groups excluding carboxylic acids is 1. The summed E-state index contributed by atoms with van der Waals surface area (Å²) in [6, 6.07) is 1.68. The Balaban J connectivity index is 3.40. The van der Waals surface area contributed by atoms with Crippen LogP contribution >= 0.6 is 0 Å². The van der Waals surface area contributed by atoms with E-state index in [0.717, 1.165) is 5.57 Å². The van der Waals surface area contributed by atoms with Gasteiger partial charge in [0.05, 0.1) is 14.2 Å². The summed E-state index contributed by atoms with van der Waals surface area (Å²) in [6.07, 6.45) is 3.47. The fraction of sp³-hybridized carbons (Fsp3) is 0.409. The van der Waals surface area contributed by atoms with Crippen molar-refractivity contribution < 1.29 is 24.1 Å². The summed E-state index contributed by atoms with van der Waals surface area (Å²) in [5.41, 5.74) is 3.17. The van der Waals surface area contributed by atoms with Crippen LogP contribution in [0, 0.1) is 6.92 Å². The lowest BCUT2D eigenvalue weighted by Gasteiger charge is -2.22. The smallest absolute Gasteiger partial charge is 0.333 e. The lowest BCUT2D eigenvalue weighted by atomic mass is 9.96. The lowest BCUT2D eigenvalue weighted by Crippen LogP contribution is -2.20. The average Bonchev–Trinajstić information content (AvgIpc) is 2.64. The van der Waals surface area contributed by atoms with E-state index >= 15 is 0 Å². The van der Waals surface area contributed by atoms with Gasteiger partial charge in [-0.05, 0) is 46.3 Å². The number of hydrogen-bond donors (Lipinski definition) is 1. The van der Waals surface area contributed by atoms with Crippen LogP contribution in [0.2, 0.25) is 0 Å². The summed E-state index contributed by atoms with van der Waals surface area (Å²) >= 11 is 0. The van der Waals surface area contributed by atoms with E-state index in [4.69, 9.17) is 14.2 Å². The predicted molar refractivity (Wildman–Crippen MR) is 108 cm³/mol. The van der Waals surface area contributed by atoms with Gasteiger partial charge in [-0.3, -0.25) is 0 Å². The minimum Gasteiger partial charge on any atom is -0.504 e. The fourth-order valence-corrected chi connectivity index (χ4v) is 2.54. The topological polar surface area (TPSA) is 65.0 Å². The van der Waals surface area contributed by atoms with Crippen LogP contribution in [-0.4, -0.2) is 31.4 Å². The number of aromatic hydroxyl groups is 1. The Kier molecular flexibility index (Phi) is 8.16. The van der Waals surface area contributed by atoms with Gasteiger partial charge in [0.15, 0.2) is 11.5 Å². The van der Waals surface area contributed by atoms with Crippen molar-refractivity contribution in [2.45, 2.75) is 47.1 Å². The van der Waals surface area contributed by atoms with E-state index in [0.29, 0.717) is 40.2 Å². The minimum absolute atomic E-state index is 0.0539. The fourth-order valence-electron chi connectivity index (χ4n) is 2.54. The van der Waals surface area contributed by atoms with Gasteiger partial charge < -0.3 is 19.3 Å². The van der Waals surface area contributed by atoms with Gasteiger partial charge in [-0.1, -0.05) is 24.3 Å². The third-order valence-corrected chi connectivity index (χ3v) is 4.36. The van der Waals surface area contributed by atoms with Gasteiger partial charge in [0.1, 0.15) is 11.9 Å². The molecule has 0 aliphatic rings. The number of methoxy groups -OCH3 is 2. The van der Waals surface area contributed by atoms with Gasteiger partial charge in [-0.15, -0.1) is 0 Å². The lowest BCUT2D eigenvalue weighted by molar-refractivity contribution is -0.141. The van der Waals surface area contributed by atoms with Gasteiger partial charge in [0.2, 0.25) is 0 Å². The van der Waals surface area contributed by atoms with Gasteiger partial charge >= 0.3 is 5.97 Å². The predicted octanol–water partition coefficient (Wildman–Crippen LogP) is 4.97. The molecular formula is C22H30O5. The molecule has 27 heavy (non-hydrogen) atoms. The van der Waals surface area contributed by atoms with Crippen molar-refractivity contribution in [2.24, 2.45) is 0 Å². The van der Waals surface area contributed by atoms with E-state index in [-0.39, 0.29) is 5.75 Å². The number of benzene rings is 1. The molecule has 1 aromatic rings. The Morgan fingerprint density at radius 3 is 2.37 bits per heavy atom. The summed E-state index contributed by atoms with van der Waals surface area (Å²) < 4.78 is 16.4. The number of carbonyl (C=O) groups is 1. The highest BCUT2D eigenvalue weighted by molar-refractivity contribution is 5.89. The van der Waals surface area contributed by atoms with Crippen LogP contribution in [0.15, 0.2) is 35.9 Å². The summed E-state index contributed by atoms with van der Waals surface area (Å²) in [6.45, 7) is 13.3. The van der Waals surface area contributed by atoms with Crippen molar-refractivity contribution in [2.75, 3.05) is 14.2 Å². The second-order valence-electron chi connectivity index (χ2n) is 6.54. The first-order valence-electron chi connectivity index (χ1n) is 8.78. The molecule has 148 valence electrons. The molecule has 1 atom stereocenters. The van der Waals surface area contributed by atoms with Crippen molar-refractivity contribution in [1.82, 2.24) is 0 Å². The molecule has 0 unspecified atom stereocenters. The molecule has 0 aliphatic heterocycles. The van der Waals surface area contributed by atoms with Crippen molar-refractivity contribution >= 4 is 11.5 Å². The maximum absolute atomic E-state index is 12.3. The van der Waals surface area contributed by atoms with Crippen LogP contribution in [0.1, 0.15) is 45.2 Å². The number of phenolic OH excluding ortho intramolecular Hbond substituents is 1. The molecule has 0 saturated carbocycles. The van der Waals surface area contributed by atoms with Crippen LogP contribution in [-0.2, 0) is 9.53 Å². The number of allylic oxidation sites excluding steroid dienone is 2. The monoisotopic (exact) mass is 374 g/mol. The highest BCUT2D eigenvalue weighted by Crippen LogP contribution is 2.43. The number of ether oxygens (including phenoxy) is 3. The highest BCUT2D eigenvalue weighted by Gasteiger charge is 2.25. The maximum atomic E-state index is 12.3. The van der Waals surface area contributed by atoms with E-state index in [9.17, 15) is 9.90 Å². The molecule has 5 heteroatoms. The molecular weight excluding hydrogens is 344 g/mol. The molecule has 0 radical (unpaired) electrons. The summed E-state index contributed by atoms with van der Waals surface area (Å²) in [5.74, 6) is 0.387. The highest BCUT2D eigenvalue weighted by atomic mass is 16.5. The van der Waals surface area contributed by atoms with E-state index < -0.39 is 12.1 Å². The van der Waals surface area contributed by atoms with Gasteiger partial charge in [-0.2, -0.15) is 0 Å². The van der Waals surface area contributed by atoms with Crippen molar-refractivity contribution in [3.63, 3.8) is 0 Å². The van der Waals surface area contributed by atoms with Crippen LogP contribution in [0.3, 0.4) is 0 Å². The van der Waals surface area contributed by atoms with E-state index in [2.05, 4.69) is 6.58 Å². The Bertz CT molecular complexity index is 767. The molecule has 0 heterocycles. The molecule has 0 spiro atoms. The first-order valence-corrected chi connectivity index (χ1v) is 8.78. The second kappa shape index (κ2) is 9.86. The van der Waals surface area contributed by atoms with E-state index in [1.807, 2.05) is 19.9 Å². The largest absolute Gasteiger partial charge is 0.504 e. The van der Waals surface area contributed by atoms with Crippen LogP contribution in [0.5, 0.6) is 17.2 Å². The Labute approximate surface area is 161 Å². The maximum Gasteiger partial charge on any atom is 0.333 e. The van der Waals surface area contributed by atoms with Gasteiger partial charge in [0.25, 0.3) is 0 Å². The van der Waals surface area contributed by atoms with Crippen LogP contribution in [0.25, 0.3) is 5.57 Å². The molecule has 0 saturated heterocycles. The normalized spacial score (nSPS) is 12.2. The molecule has 0 aliphatic carbocycles. The number of rotatable bonds is 8. The number of esters is 1. The zero-order valence-electron chi connectivity index (χ0n) is 17.3. The SMILES string of the molecule is C=C(c1cc(OC)c(C)c(OC)c1O)[C@H](CC=C(C)C)OC(=O)/C(C)=C/C. The summed E-state index contributed by atoms with van der Waals surface area (Å²) in [5, 5.41) is 10.7. The quantitative estimate of drug-likeness (QED) is 0.395. The van der Waals surface area contributed by atoms with Crippen molar-refractivity contribution in [3.8, 4) is 17.2 Å². The molecule has 1 rings (SSSR count). The molecule has 1 N–H and O–H groups in total.